The summed E-state index contributed by atoms with van der Waals surface area (Å²) in [6.07, 6.45) is 4.04. The van der Waals surface area contributed by atoms with E-state index in [2.05, 4.69) is 10.4 Å². The van der Waals surface area contributed by atoms with Gasteiger partial charge in [-0.3, -0.25) is 9.48 Å². The van der Waals surface area contributed by atoms with Crippen molar-refractivity contribution in [3.63, 3.8) is 0 Å². The topological polar surface area (TPSA) is 99.5 Å². The summed E-state index contributed by atoms with van der Waals surface area (Å²) >= 11 is 0.988. The van der Waals surface area contributed by atoms with Crippen LogP contribution in [0.4, 0.5) is 5.00 Å². The third kappa shape index (κ3) is 4.48. The molecule has 2 aromatic rings. The third-order valence-corrected chi connectivity index (χ3v) is 4.67. The van der Waals surface area contributed by atoms with Crippen molar-refractivity contribution >= 4 is 34.2 Å². The number of amides is 1. The molecule has 2 rings (SSSR count). The molecule has 0 saturated carbocycles. The van der Waals surface area contributed by atoms with Crippen molar-refractivity contribution in [1.29, 1.82) is 0 Å². The minimum atomic E-state index is -0.582. The van der Waals surface area contributed by atoms with Crippen LogP contribution in [-0.2, 0) is 20.8 Å². The summed E-state index contributed by atoms with van der Waals surface area (Å²) in [7, 11) is 1.26. The van der Waals surface area contributed by atoms with Crippen molar-refractivity contribution in [2.45, 2.75) is 33.7 Å². The number of nitrogens with one attached hydrogen (secondary N) is 1. The highest BCUT2D eigenvalue weighted by molar-refractivity contribution is 7.18. The van der Waals surface area contributed by atoms with E-state index in [0.717, 1.165) is 16.9 Å². The second-order valence-corrected chi connectivity index (χ2v) is 6.67. The molecule has 1 amide bonds. The molecule has 1 N–H and O–H groups in total. The quantitative estimate of drug-likeness (QED) is 0.742. The van der Waals surface area contributed by atoms with Crippen LogP contribution in [-0.4, -0.2) is 41.3 Å². The number of rotatable bonds is 7. The van der Waals surface area contributed by atoms with E-state index in [1.165, 1.54) is 11.8 Å². The lowest BCUT2D eigenvalue weighted by Crippen LogP contribution is -2.20. The fourth-order valence-corrected chi connectivity index (χ4v) is 3.40. The van der Waals surface area contributed by atoms with Crippen LogP contribution in [0.15, 0.2) is 12.4 Å². The van der Waals surface area contributed by atoms with Crippen LogP contribution < -0.4 is 5.32 Å². The molecule has 0 saturated heterocycles. The highest BCUT2D eigenvalue weighted by atomic mass is 32.1. The largest absolute Gasteiger partial charge is 0.465 e. The first kappa shape index (κ1) is 19.6. The lowest BCUT2D eigenvalue weighted by Gasteiger charge is -2.08. The minimum Gasteiger partial charge on any atom is -0.465 e. The Labute approximate surface area is 155 Å². The molecule has 2 aromatic heterocycles. The van der Waals surface area contributed by atoms with Crippen molar-refractivity contribution in [2.24, 2.45) is 0 Å². The smallest absolute Gasteiger partial charge is 0.348 e. The predicted molar refractivity (Wildman–Crippen MR) is 96.6 cm³/mol. The summed E-state index contributed by atoms with van der Waals surface area (Å²) in [4.78, 5) is 36.9. The number of esters is 2. The number of aryl methyl sites for hydroxylation is 1. The fraction of sp³-hybridized carbons (Fsp3) is 0.412. The van der Waals surface area contributed by atoms with Gasteiger partial charge in [0.1, 0.15) is 16.4 Å². The van der Waals surface area contributed by atoms with E-state index in [1.54, 1.807) is 19.3 Å². The van der Waals surface area contributed by atoms with E-state index in [0.29, 0.717) is 12.0 Å². The molecule has 0 fully saturated rings. The number of anilines is 1. The summed E-state index contributed by atoms with van der Waals surface area (Å²) in [5, 5.41) is 6.99. The van der Waals surface area contributed by atoms with Crippen molar-refractivity contribution in [3.8, 4) is 0 Å². The molecule has 0 aliphatic carbocycles. The molecule has 0 bridgehead atoms. The first-order chi connectivity index (χ1) is 12.4. The van der Waals surface area contributed by atoms with Gasteiger partial charge in [-0.05, 0) is 31.4 Å². The predicted octanol–water partition coefficient (Wildman–Crippen LogP) is 2.55. The number of thiophene rings is 1. The SMILES string of the molecule is CCCOC(=O)c1c(NC(=O)Cn2cc(C)cn2)sc(C(=O)OC)c1C. The Balaban J connectivity index is 2.28. The second-order valence-electron chi connectivity index (χ2n) is 5.65. The van der Waals surface area contributed by atoms with Crippen LogP contribution in [0.1, 0.15) is 44.5 Å². The summed E-state index contributed by atoms with van der Waals surface area (Å²) in [6.45, 7) is 5.61. The lowest BCUT2D eigenvalue weighted by molar-refractivity contribution is -0.116. The Bertz CT molecular complexity index is 824. The monoisotopic (exact) mass is 379 g/mol. The molecule has 0 aromatic carbocycles. The van der Waals surface area contributed by atoms with E-state index in [1.807, 2.05) is 13.8 Å². The van der Waals surface area contributed by atoms with Crippen LogP contribution in [0, 0.1) is 13.8 Å². The van der Waals surface area contributed by atoms with Crippen molar-refractivity contribution in [2.75, 3.05) is 19.0 Å². The summed E-state index contributed by atoms with van der Waals surface area (Å²) in [5.41, 5.74) is 1.53. The van der Waals surface area contributed by atoms with Gasteiger partial charge in [0.2, 0.25) is 5.91 Å². The molecule has 26 heavy (non-hydrogen) atoms. The van der Waals surface area contributed by atoms with Crippen LogP contribution in [0.3, 0.4) is 0 Å². The van der Waals surface area contributed by atoms with Gasteiger partial charge in [0.05, 0.1) is 25.5 Å². The van der Waals surface area contributed by atoms with Crippen molar-refractivity contribution in [1.82, 2.24) is 9.78 Å². The van der Waals surface area contributed by atoms with E-state index in [9.17, 15) is 14.4 Å². The standard InChI is InChI=1S/C17H21N3O5S/c1-5-6-25-16(22)13-11(3)14(17(23)24-4)26-15(13)19-12(21)9-20-8-10(2)7-18-20/h7-8H,5-6,9H2,1-4H3,(H,19,21). The van der Waals surface area contributed by atoms with Gasteiger partial charge in [-0.1, -0.05) is 6.92 Å². The van der Waals surface area contributed by atoms with Gasteiger partial charge in [-0.2, -0.15) is 5.10 Å². The van der Waals surface area contributed by atoms with Gasteiger partial charge >= 0.3 is 11.9 Å². The second kappa shape index (κ2) is 8.61. The summed E-state index contributed by atoms with van der Waals surface area (Å²) in [5.74, 6) is -1.52. The maximum atomic E-state index is 12.4. The number of ether oxygens (including phenoxy) is 2. The van der Waals surface area contributed by atoms with E-state index in [4.69, 9.17) is 9.47 Å². The van der Waals surface area contributed by atoms with E-state index >= 15 is 0 Å². The number of nitrogens with zero attached hydrogens (tertiary/aromatic N) is 2. The molecule has 0 radical (unpaired) electrons. The normalized spacial score (nSPS) is 10.5. The molecule has 0 spiro atoms. The van der Waals surface area contributed by atoms with Gasteiger partial charge in [0, 0.05) is 6.20 Å². The fourth-order valence-electron chi connectivity index (χ4n) is 2.27. The maximum absolute atomic E-state index is 12.4. The Morgan fingerprint density at radius 2 is 2.00 bits per heavy atom. The van der Waals surface area contributed by atoms with Crippen molar-refractivity contribution in [3.05, 3.63) is 34.0 Å². The average molecular weight is 379 g/mol. The molecule has 0 aliphatic rings. The van der Waals surface area contributed by atoms with Crippen LogP contribution >= 0.6 is 11.3 Å². The molecular weight excluding hydrogens is 358 g/mol. The van der Waals surface area contributed by atoms with E-state index in [-0.39, 0.29) is 34.5 Å². The Morgan fingerprint density at radius 3 is 2.58 bits per heavy atom. The third-order valence-electron chi connectivity index (χ3n) is 3.48. The Morgan fingerprint density at radius 1 is 1.27 bits per heavy atom. The molecule has 0 unspecified atom stereocenters. The van der Waals surface area contributed by atoms with Gasteiger partial charge in [-0.15, -0.1) is 11.3 Å². The Kier molecular flexibility index (Phi) is 6.51. The number of hydrogen-bond donors (Lipinski definition) is 1. The van der Waals surface area contributed by atoms with Crippen LogP contribution in [0.2, 0.25) is 0 Å². The van der Waals surface area contributed by atoms with Crippen molar-refractivity contribution < 1.29 is 23.9 Å². The molecule has 8 nitrogen and oxygen atoms in total. The molecule has 9 heteroatoms. The molecule has 2 heterocycles. The first-order valence-electron chi connectivity index (χ1n) is 8.05. The highest BCUT2D eigenvalue weighted by Crippen LogP contribution is 2.34. The zero-order chi connectivity index (χ0) is 19.3. The Hall–Kier alpha value is -2.68. The molecule has 140 valence electrons. The highest BCUT2D eigenvalue weighted by Gasteiger charge is 2.27. The zero-order valence-corrected chi connectivity index (χ0v) is 15.9. The average Bonchev–Trinajstić information content (AvgIpc) is 3.15. The lowest BCUT2D eigenvalue weighted by atomic mass is 10.1. The maximum Gasteiger partial charge on any atom is 0.348 e. The molecule has 0 atom stereocenters. The van der Waals surface area contributed by atoms with Gasteiger partial charge in [-0.25, -0.2) is 9.59 Å². The van der Waals surface area contributed by atoms with Gasteiger partial charge < -0.3 is 14.8 Å². The molecule has 0 aliphatic heterocycles. The van der Waals surface area contributed by atoms with Crippen LogP contribution in [0.25, 0.3) is 0 Å². The van der Waals surface area contributed by atoms with Crippen LogP contribution in [0.5, 0.6) is 0 Å². The zero-order valence-electron chi connectivity index (χ0n) is 15.1. The van der Waals surface area contributed by atoms with Gasteiger partial charge in [0.25, 0.3) is 0 Å². The number of carbonyl (C=O) groups is 3. The van der Waals surface area contributed by atoms with E-state index < -0.39 is 11.9 Å². The number of aromatic nitrogens is 2. The van der Waals surface area contributed by atoms with Gasteiger partial charge in [0.15, 0.2) is 0 Å². The minimum absolute atomic E-state index is 0.0121. The number of hydrogen-bond acceptors (Lipinski definition) is 7. The summed E-state index contributed by atoms with van der Waals surface area (Å²) < 4.78 is 11.4. The first-order valence-corrected chi connectivity index (χ1v) is 8.86. The number of carbonyl (C=O) groups excluding carboxylic acids is 3. The summed E-state index contributed by atoms with van der Waals surface area (Å²) in [6, 6.07) is 0. The molecular formula is C17H21N3O5S. The number of methoxy groups -OCH3 is 1.